The first kappa shape index (κ1) is 15.8. The lowest BCUT2D eigenvalue weighted by molar-refractivity contribution is 0.0693. The summed E-state index contributed by atoms with van der Waals surface area (Å²) in [6.45, 7) is 0. The molecule has 2 aromatic carbocycles. The van der Waals surface area contributed by atoms with Gasteiger partial charge in [-0.15, -0.1) is 0 Å². The van der Waals surface area contributed by atoms with Crippen LogP contribution in [0.2, 0.25) is 0 Å². The van der Waals surface area contributed by atoms with Crippen molar-refractivity contribution in [2.24, 2.45) is 5.10 Å². The van der Waals surface area contributed by atoms with Crippen molar-refractivity contribution in [1.82, 2.24) is 5.43 Å². The third-order valence-electron chi connectivity index (χ3n) is 2.93. The maximum atomic E-state index is 11.8. The van der Waals surface area contributed by atoms with Gasteiger partial charge in [0.2, 0.25) is 0 Å². The number of phenolic OH excluding ortho intramolecular Hbond substituents is 1. The van der Waals surface area contributed by atoms with Crippen molar-refractivity contribution in [3.8, 4) is 11.5 Å². The minimum absolute atomic E-state index is 0.0279. The van der Waals surface area contributed by atoms with E-state index in [-0.39, 0.29) is 22.4 Å². The molecule has 0 aliphatic heterocycles. The number of hydrogen-bond donors (Lipinski definition) is 5. The smallest absolute Gasteiger partial charge is 0.339 e. The van der Waals surface area contributed by atoms with Gasteiger partial charge < -0.3 is 21.1 Å². The molecule has 0 heterocycles. The SMILES string of the molecule is Nc1ccc(C(=O)N/N=C/c2cccc(C(=O)O)c2O)c(O)c1. The highest BCUT2D eigenvalue weighted by Gasteiger charge is 2.12. The van der Waals surface area contributed by atoms with Crippen molar-refractivity contribution < 1.29 is 24.9 Å². The lowest BCUT2D eigenvalue weighted by Gasteiger charge is -2.04. The van der Waals surface area contributed by atoms with Gasteiger partial charge in [0.1, 0.15) is 17.1 Å². The number of amides is 1. The normalized spacial score (nSPS) is 10.6. The average Bonchev–Trinajstić information content (AvgIpc) is 2.48. The van der Waals surface area contributed by atoms with Gasteiger partial charge in [0, 0.05) is 17.3 Å². The predicted octanol–water partition coefficient (Wildman–Crippen LogP) is 1.14. The first-order valence-electron chi connectivity index (χ1n) is 6.37. The Kier molecular flexibility index (Phi) is 4.46. The molecule has 0 bridgehead atoms. The van der Waals surface area contributed by atoms with Crippen LogP contribution in [0.3, 0.4) is 0 Å². The highest BCUT2D eigenvalue weighted by molar-refractivity contribution is 5.99. The second-order valence-corrected chi connectivity index (χ2v) is 4.52. The first-order chi connectivity index (χ1) is 10.9. The average molecular weight is 315 g/mol. The summed E-state index contributed by atoms with van der Waals surface area (Å²) >= 11 is 0. The lowest BCUT2D eigenvalue weighted by atomic mass is 10.1. The van der Waals surface area contributed by atoms with E-state index in [1.807, 2.05) is 0 Å². The van der Waals surface area contributed by atoms with Crippen LogP contribution in [0.25, 0.3) is 0 Å². The molecule has 0 aliphatic carbocycles. The Balaban J connectivity index is 2.14. The number of nitrogens with zero attached hydrogens (tertiary/aromatic N) is 1. The number of aromatic carboxylic acids is 1. The van der Waals surface area contributed by atoms with Gasteiger partial charge in [-0.05, 0) is 24.3 Å². The van der Waals surface area contributed by atoms with Crippen LogP contribution in [-0.4, -0.2) is 33.4 Å². The number of carbonyl (C=O) groups is 2. The van der Waals surface area contributed by atoms with E-state index in [2.05, 4.69) is 10.5 Å². The second-order valence-electron chi connectivity index (χ2n) is 4.52. The van der Waals surface area contributed by atoms with E-state index in [0.717, 1.165) is 6.21 Å². The number of carboxylic acids is 1. The Hall–Kier alpha value is -3.55. The molecule has 0 atom stereocenters. The van der Waals surface area contributed by atoms with Gasteiger partial charge >= 0.3 is 5.97 Å². The standard InChI is InChI=1S/C15H13N3O5/c16-9-4-5-10(12(19)6-9)14(21)18-17-7-8-2-1-3-11(13(8)20)15(22)23/h1-7,19-20H,16H2,(H,18,21)(H,22,23)/b17-7+. The number of phenols is 2. The van der Waals surface area contributed by atoms with E-state index in [4.69, 9.17) is 10.8 Å². The molecule has 0 fully saturated rings. The Morgan fingerprint density at radius 2 is 1.87 bits per heavy atom. The second kappa shape index (κ2) is 6.48. The third kappa shape index (κ3) is 3.56. The summed E-state index contributed by atoms with van der Waals surface area (Å²) in [5.41, 5.74) is 7.73. The first-order valence-corrected chi connectivity index (χ1v) is 6.37. The van der Waals surface area contributed by atoms with Gasteiger partial charge in [0.25, 0.3) is 5.91 Å². The van der Waals surface area contributed by atoms with E-state index in [9.17, 15) is 19.8 Å². The number of aromatic hydroxyl groups is 2. The van der Waals surface area contributed by atoms with Crippen molar-refractivity contribution in [3.63, 3.8) is 0 Å². The van der Waals surface area contributed by atoms with Crippen molar-refractivity contribution in [2.75, 3.05) is 5.73 Å². The summed E-state index contributed by atoms with van der Waals surface area (Å²) < 4.78 is 0. The number of carbonyl (C=O) groups excluding carboxylic acids is 1. The zero-order valence-corrected chi connectivity index (χ0v) is 11.7. The molecule has 8 nitrogen and oxygen atoms in total. The van der Waals surface area contributed by atoms with Gasteiger partial charge in [-0.2, -0.15) is 5.10 Å². The fourth-order valence-electron chi connectivity index (χ4n) is 1.80. The van der Waals surface area contributed by atoms with Crippen LogP contribution in [0.5, 0.6) is 11.5 Å². The summed E-state index contributed by atoms with van der Waals surface area (Å²) in [5.74, 6) is -2.73. The molecule has 118 valence electrons. The van der Waals surface area contributed by atoms with Crippen LogP contribution in [-0.2, 0) is 0 Å². The van der Waals surface area contributed by atoms with E-state index in [1.54, 1.807) is 0 Å². The molecular formula is C15H13N3O5. The molecule has 0 unspecified atom stereocenters. The lowest BCUT2D eigenvalue weighted by Crippen LogP contribution is -2.17. The van der Waals surface area contributed by atoms with Crippen LogP contribution < -0.4 is 11.2 Å². The molecule has 23 heavy (non-hydrogen) atoms. The quantitative estimate of drug-likeness (QED) is 0.325. The number of carboxylic acid groups (broad SMARTS) is 1. The molecule has 0 spiro atoms. The zero-order chi connectivity index (χ0) is 17.0. The Morgan fingerprint density at radius 3 is 2.52 bits per heavy atom. The number of nitrogen functional groups attached to an aromatic ring is 1. The summed E-state index contributed by atoms with van der Waals surface area (Å²) in [6, 6.07) is 8.09. The molecule has 2 rings (SSSR count). The number of benzene rings is 2. The number of rotatable bonds is 4. The summed E-state index contributed by atoms with van der Waals surface area (Å²) in [7, 11) is 0. The van der Waals surface area contributed by atoms with E-state index >= 15 is 0 Å². The van der Waals surface area contributed by atoms with Gasteiger partial charge in [-0.1, -0.05) is 6.07 Å². The molecule has 0 saturated carbocycles. The summed E-state index contributed by atoms with van der Waals surface area (Å²) in [6.07, 6.45) is 1.09. The molecule has 2 aromatic rings. The molecule has 0 aliphatic rings. The number of nitrogens with two attached hydrogens (primary N) is 1. The van der Waals surface area contributed by atoms with Gasteiger partial charge in [0.05, 0.1) is 11.8 Å². The van der Waals surface area contributed by atoms with Crippen molar-refractivity contribution in [1.29, 1.82) is 0 Å². The summed E-state index contributed by atoms with van der Waals surface area (Å²) in [5, 5.41) is 31.9. The summed E-state index contributed by atoms with van der Waals surface area (Å²) in [4.78, 5) is 22.7. The number of para-hydroxylation sites is 1. The fraction of sp³-hybridized carbons (Fsp3) is 0. The van der Waals surface area contributed by atoms with Crippen LogP contribution in [0.1, 0.15) is 26.3 Å². The number of nitrogens with one attached hydrogen (secondary N) is 1. The maximum absolute atomic E-state index is 11.8. The zero-order valence-electron chi connectivity index (χ0n) is 11.7. The maximum Gasteiger partial charge on any atom is 0.339 e. The van der Waals surface area contributed by atoms with Crippen molar-refractivity contribution in [3.05, 3.63) is 53.1 Å². The Bertz CT molecular complexity index is 802. The minimum atomic E-state index is -1.28. The van der Waals surface area contributed by atoms with Gasteiger partial charge in [-0.3, -0.25) is 4.79 Å². The van der Waals surface area contributed by atoms with Crippen LogP contribution >= 0.6 is 0 Å². The van der Waals surface area contributed by atoms with E-state index in [1.165, 1.54) is 36.4 Å². The largest absolute Gasteiger partial charge is 0.507 e. The highest BCUT2D eigenvalue weighted by Crippen LogP contribution is 2.21. The molecule has 0 saturated heterocycles. The third-order valence-corrected chi connectivity index (χ3v) is 2.93. The van der Waals surface area contributed by atoms with Gasteiger partial charge in [-0.25, -0.2) is 10.2 Å². The van der Waals surface area contributed by atoms with Gasteiger partial charge in [0.15, 0.2) is 0 Å². The van der Waals surface area contributed by atoms with E-state index < -0.39 is 17.6 Å². The molecule has 0 radical (unpaired) electrons. The van der Waals surface area contributed by atoms with Crippen LogP contribution in [0, 0.1) is 0 Å². The molecule has 8 heteroatoms. The van der Waals surface area contributed by atoms with E-state index in [0.29, 0.717) is 5.69 Å². The van der Waals surface area contributed by atoms with Crippen molar-refractivity contribution in [2.45, 2.75) is 0 Å². The number of anilines is 1. The molecule has 0 aromatic heterocycles. The molecule has 1 amide bonds. The minimum Gasteiger partial charge on any atom is -0.507 e. The highest BCUT2D eigenvalue weighted by atomic mass is 16.4. The number of hydrogen-bond acceptors (Lipinski definition) is 6. The van der Waals surface area contributed by atoms with Crippen LogP contribution in [0.15, 0.2) is 41.5 Å². The molecular weight excluding hydrogens is 302 g/mol. The Labute approximate surface area is 130 Å². The Morgan fingerprint density at radius 1 is 1.13 bits per heavy atom. The van der Waals surface area contributed by atoms with Crippen molar-refractivity contribution >= 4 is 23.8 Å². The predicted molar refractivity (Wildman–Crippen MR) is 82.6 cm³/mol. The monoisotopic (exact) mass is 315 g/mol. The number of hydrazone groups is 1. The topological polar surface area (TPSA) is 145 Å². The molecule has 6 N–H and O–H groups in total. The fourth-order valence-corrected chi connectivity index (χ4v) is 1.80. The van der Waals surface area contributed by atoms with Crippen LogP contribution in [0.4, 0.5) is 5.69 Å².